The monoisotopic (exact) mass is 176 g/mol. The number of aryl methyl sites for hydroxylation is 2. The predicted octanol–water partition coefficient (Wildman–Crippen LogP) is 1.45. The molecule has 0 aliphatic heterocycles. The summed E-state index contributed by atoms with van der Waals surface area (Å²) in [7, 11) is 0. The van der Waals surface area contributed by atoms with Gasteiger partial charge >= 0.3 is 6.09 Å². The molecule has 0 fully saturated rings. The third kappa shape index (κ3) is 1.94. The zero-order chi connectivity index (χ0) is 7.72. The molecule has 5 heteroatoms. The van der Waals surface area contributed by atoms with Crippen molar-refractivity contribution in [1.82, 2.24) is 9.78 Å². The molecule has 1 aromatic rings. The van der Waals surface area contributed by atoms with Crippen LogP contribution in [0.4, 0.5) is 4.79 Å². The highest BCUT2D eigenvalue weighted by Crippen LogP contribution is 2.01. The Kier molecular flexibility index (Phi) is 3.07. The largest absolute Gasteiger partial charge is 0.463 e. The van der Waals surface area contributed by atoms with E-state index >= 15 is 0 Å². The fourth-order valence-electron chi connectivity index (χ4n) is 0.644. The predicted molar refractivity (Wildman–Crippen MR) is 42.4 cm³/mol. The quantitative estimate of drug-likeness (QED) is 0.651. The number of hydrogen-bond acceptors (Lipinski definition) is 2. The van der Waals surface area contributed by atoms with E-state index in [4.69, 9.17) is 5.11 Å². The van der Waals surface area contributed by atoms with Crippen molar-refractivity contribution < 1.29 is 9.90 Å². The Morgan fingerprint density at radius 1 is 1.64 bits per heavy atom. The van der Waals surface area contributed by atoms with E-state index in [9.17, 15) is 4.79 Å². The number of hydrogen-bond donors (Lipinski definition) is 1. The van der Waals surface area contributed by atoms with Crippen LogP contribution >= 0.6 is 12.4 Å². The van der Waals surface area contributed by atoms with Gasteiger partial charge in [-0.2, -0.15) is 9.78 Å². The Hall–Kier alpha value is -1.03. The molecule has 62 valence electrons. The van der Waals surface area contributed by atoms with Gasteiger partial charge < -0.3 is 5.11 Å². The van der Waals surface area contributed by atoms with Gasteiger partial charge in [-0.15, -0.1) is 12.4 Å². The maximum Gasteiger partial charge on any atom is 0.432 e. The molecular formula is C6H9ClN2O2. The Morgan fingerprint density at radius 2 is 2.18 bits per heavy atom. The number of aromatic nitrogens is 2. The fourth-order valence-corrected chi connectivity index (χ4v) is 0.644. The summed E-state index contributed by atoms with van der Waals surface area (Å²) in [5, 5.41) is 12.1. The average Bonchev–Trinajstić information content (AvgIpc) is 2.13. The van der Waals surface area contributed by atoms with Crippen LogP contribution in [0.25, 0.3) is 0 Å². The Bertz CT molecular complexity index is 250. The molecule has 0 aliphatic carbocycles. The molecule has 0 aromatic carbocycles. The Balaban J connectivity index is 0.000001000. The fraction of sp³-hybridized carbons (Fsp3) is 0.333. The first kappa shape index (κ1) is 9.97. The van der Waals surface area contributed by atoms with E-state index in [-0.39, 0.29) is 12.4 Å². The first-order valence-electron chi connectivity index (χ1n) is 2.87. The van der Waals surface area contributed by atoms with Gasteiger partial charge in [-0.3, -0.25) is 0 Å². The van der Waals surface area contributed by atoms with Crippen molar-refractivity contribution in [1.29, 1.82) is 0 Å². The highest BCUT2D eigenvalue weighted by Gasteiger charge is 2.03. The van der Waals surface area contributed by atoms with Crippen LogP contribution in [-0.4, -0.2) is 21.0 Å². The summed E-state index contributed by atoms with van der Waals surface area (Å²) in [6.07, 6.45) is 0.439. The van der Waals surface area contributed by atoms with Crippen molar-refractivity contribution in [3.63, 3.8) is 0 Å². The summed E-state index contributed by atoms with van der Waals surface area (Å²) in [4.78, 5) is 10.3. The lowest BCUT2D eigenvalue weighted by Gasteiger charge is -1.86. The molecule has 1 rings (SSSR count). The van der Waals surface area contributed by atoms with E-state index in [0.717, 1.165) is 15.9 Å². The summed E-state index contributed by atoms with van der Waals surface area (Å²) < 4.78 is 0.907. The molecule has 1 aromatic heterocycles. The van der Waals surface area contributed by atoms with Gasteiger partial charge in [0.15, 0.2) is 0 Å². The lowest BCUT2D eigenvalue weighted by molar-refractivity contribution is 0.192. The van der Waals surface area contributed by atoms with E-state index in [1.807, 2.05) is 6.92 Å². The highest BCUT2D eigenvalue weighted by atomic mass is 35.5. The van der Waals surface area contributed by atoms with Crippen molar-refractivity contribution in [3.8, 4) is 0 Å². The normalized spacial score (nSPS) is 8.91. The summed E-state index contributed by atoms with van der Waals surface area (Å²) >= 11 is 0. The van der Waals surface area contributed by atoms with Gasteiger partial charge in [-0.25, -0.2) is 4.79 Å². The van der Waals surface area contributed by atoms with Gasteiger partial charge in [0.1, 0.15) is 0 Å². The number of nitrogens with zero attached hydrogens (tertiary/aromatic N) is 2. The van der Waals surface area contributed by atoms with E-state index in [2.05, 4.69) is 5.10 Å². The van der Waals surface area contributed by atoms with Crippen molar-refractivity contribution in [2.24, 2.45) is 0 Å². The summed E-state index contributed by atoms with van der Waals surface area (Å²) in [5.74, 6) is 0. The first-order chi connectivity index (χ1) is 4.61. The van der Waals surface area contributed by atoms with E-state index in [0.29, 0.717) is 0 Å². The van der Waals surface area contributed by atoms with E-state index < -0.39 is 6.09 Å². The molecule has 0 amide bonds. The number of halogens is 1. The van der Waals surface area contributed by atoms with Crippen LogP contribution in [0.15, 0.2) is 6.20 Å². The van der Waals surface area contributed by atoms with Crippen molar-refractivity contribution >= 4 is 18.5 Å². The van der Waals surface area contributed by atoms with Crippen molar-refractivity contribution in [3.05, 3.63) is 17.5 Å². The zero-order valence-electron chi connectivity index (χ0n) is 6.24. The minimum absolute atomic E-state index is 0. The van der Waals surface area contributed by atoms with Gasteiger partial charge in [0.2, 0.25) is 0 Å². The van der Waals surface area contributed by atoms with Crippen molar-refractivity contribution in [2.75, 3.05) is 0 Å². The number of rotatable bonds is 0. The molecular weight excluding hydrogens is 168 g/mol. The standard InChI is InChI=1S/C6H8N2O2.ClH/c1-4-3-8(6(9)10)7-5(4)2;/h3H,1-2H3,(H,9,10);1H. The lowest BCUT2D eigenvalue weighted by atomic mass is 10.3. The van der Waals surface area contributed by atoms with Crippen molar-refractivity contribution in [2.45, 2.75) is 13.8 Å². The molecule has 4 nitrogen and oxygen atoms in total. The Morgan fingerprint density at radius 3 is 2.36 bits per heavy atom. The summed E-state index contributed by atoms with van der Waals surface area (Å²) in [5.41, 5.74) is 1.64. The smallest absolute Gasteiger partial charge is 0.432 e. The van der Waals surface area contributed by atoms with Crippen LogP contribution in [0, 0.1) is 13.8 Å². The van der Waals surface area contributed by atoms with Crippen LogP contribution in [0.2, 0.25) is 0 Å². The second-order valence-electron chi connectivity index (χ2n) is 2.12. The third-order valence-electron chi connectivity index (χ3n) is 1.34. The maximum absolute atomic E-state index is 10.3. The third-order valence-corrected chi connectivity index (χ3v) is 1.34. The number of carboxylic acid groups (broad SMARTS) is 1. The molecule has 1 heterocycles. The zero-order valence-corrected chi connectivity index (χ0v) is 7.05. The highest BCUT2D eigenvalue weighted by molar-refractivity contribution is 5.85. The second kappa shape index (κ2) is 3.39. The van der Waals surface area contributed by atoms with Gasteiger partial charge in [0, 0.05) is 6.20 Å². The van der Waals surface area contributed by atoms with Crippen LogP contribution in [0.1, 0.15) is 11.3 Å². The average molecular weight is 177 g/mol. The lowest BCUT2D eigenvalue weighted by Crippen LogP contribution is -2.07. The van der Waals surface area contributed by atoms with Crippen LogP contribution in [0.5, 0.6) is 0 Å². The minimum atomic E-state index is -1.05. The molecule has 0 radical (unpaired) electrons. The van der Waals surface area contributed by atoms with Gasteiger partial charge in [-0.1, -0.05) is 0 Å². The molecule has 0 spiro atoms. The minimum Gasteiger partial charge on any atom is -0.463 e. The second-order valence-corrected chi connectivity index (χ2v) is 2.12. The summed E-state index contributed by atoms with van der Waals surface area (Å²) in [6.45, 7) is 3.59. The molecule has 1 N–H and O–H groups in total. The molecule has 0 bridgehead atoms. The van der Waals surface area contributed by atoms with Gasteiger partial charge in [-0.05, 0) is 19.4 Å². The summed E-state index contributed by atoms with van der Waals surface area (Å²) in [6, 6.07) is 0. The first-order valence-corrected chi connectivity index (χ1v) is 2.87. The molecule has 0 unspecified atom stereocenters. The molecule has 0 saturated carbocycles. The molecule has 0 aliphatic rings. The molecule has 0 saturated heterocycles. The van der Waals surface area contributed by atoms with E-state index in [1.165, 1.54) is 6.20 Å². The van der Waals surface area contributed by atoms with Crippen LogP contribution < -0.4 is 0 Å². The van der Waals surface area contributed by atoms with E-state index in [1.54, 1.807) is 6.92 Å². The topological polar surface area (TPSA) is 55.1 Å². The van der Waals surface area contributed by atoms with Gasteiger partial charge in [0.25, 0.3) is 0 Å². The Labute approximate surface area is 70.2 Å². The van der Waals surface area contributed by atoms with Crippen LogP contribution in [0.3, 0.4) is 0 Å². The van der Waals surface area contributed by atoms with Gasteiger partial charge in [0.05, 0.1) is 5.69 Å². The number of carbonyl (C=O) groups is 1. The maximum atomic E-state index is 10.3. The SMILES string of the molecule is Cc1cn(C(=O)O)nc1C.Cl. The molecule has 11 heavy (non-hydrogen) atoms. The molecule has 0 atom stereocenters. The van der Waals surface area contributed by atoms with Crippen LogP contribution in [-0.2, 0) is 0 Å².